The molecule has 5 rings (SSSR count). The highest BCUT2D eigenvalue weighted by Crippen LogP contribution is 2.28. The molecule has 2 N–H and O–H groups in total. The molecule has 3 aromatic rings. The quantitative estimate of drug-likeness (QED) is 0.559. The topological polar surface area (TPSA) is 68.4 Å². The molecule has 3 amide bonds. The van der Waals surface area contributed by atoms with Crippen LogP contribution in [0.25, 0.3) is 10.9 Å². The third-order valence-corrected chi connectivity index (χ3v) is 6.92. The van der Waals surface area contributed by atoms with Crippen molar-refractivity contribution in [2.24, 2.45) is 0 Å². The number of aromatic nitrogens is 1. The fourth-order valence-corrected chi connectivity index (χ4v) is 5.11. The molecule has 2 aliphatic rings. The van der Waals surface area contributed by atoms with E-state index in [0.29, 0.717) is 18.9 Å². The third-order valence-electron chi connectivity index (χ3n) is 6.92. The first-order valence-corrected chi connectivity index (χ1v) is 11.6. The summed E-state index contributed by atoms with van der Waals surface area (Å²) < 4.78 is 0. The Balaban J connectivity index is 1.10. The average molecular weight is 431 g/mol. The van der Waals surface area contributed by atoms with E-state index < -0.39 is 6.04 Å². The zero-order valence-corrected chi connectivity index (χ0v) is 18.3. The van der Waals surface area contributed by atoms with Crippen LogP contribution in [0.1, 0.15) is 36.3 Å². The fourth-order valence-electron chi connectivity index (χ4n) is 5.11. The van der Waals surface area contributed by atoms with Gasteiger partial charge in [0, 0.05) is 30.1 Å². The van der Waals surface area contributed by atoms with E-state index in [1.54, 1.807) is 0 Å². The third kappa shape index (κ3) is 4.28. The van der Waals surface area contributed by atoms with Crippen LogP contribution in [0.5, 0.6) is 0 Å². The van der Waals surface area contributed by atoms with Gasteiger partial charge in [-0.15, -0.1) is 0 Å². The number of nitrogens with one attached hydrogen (secondary N) is 2. The molecule has 0 saturated carbocycles. The number of carbonyl (C=O) groups excluding carboxylic acids is 2. The monoisotopic (exact) mass is 430 g/mol. The average Bonchev–Trinajstić information content (AvgIpc) is 3.36. The lowest BCUT2D eigenvalue weighted by Gasteiger charge is -2.32. The minimum atomic E-state index is -0.483. The molecule has 6 heteroatoms. The number of hydrogen-bond acceptors (Lipinski definition) is 3. The van der Waals surface area contributed by atoms with Crippen molar-refractivity contribution >= 4 is 22.8 Å². The van der Waals surface area contributed by atoms with Gasteiger partial charge in [-0.1, -0.05) is 48.5 Å². The number of aromatic amines is 1. The Kier molecular flexibility index (Phi) is 5.95. The number of para-hydroxylation sites is 1. The van der Waals surface area contributed by atoms with Crippen LogP contribution in [0.2, 0.25) is 0 Å². The Morgan fingerprint density at radius 2 is 1.66 bits per heavy atom. The van der Waals surface area contributed by atoms with Crippen LogP contribution in [0.15, 0.2) is 60.8 Å². The van der Waals surface area contributed by atoms with Crippen molar-refractivity contribution in [2.75, 3.05) is 26.2 Å². The van der Waals surface area contributed by atoms with Crippen LogP contribution in [0, 0.1) is 0 Å². The van der Waals surface area contributed by atoms with Crippen molar-refractivity contribution < 1.29 is 9.59 Å². The Labute approximate surface area is 188 Å². The van der Waals surface area contributed by atoms with Crippen LogP contribution in [-0.2, 0) is 11.2 Å². The second kappa shape index (κ2) is 9.17. The van der Waals surface area contributed by atoms with Gasteiger partial charge in [0.25, 0.3) is 5.91 Å². The van der Waals surface area contributed by atoms with E-state index in [-0.39, 0.29) is 11.9 Å². The number of urea groups is 1. The van der Waals surface area contributed by atoms with Gasteiger partial charge in [0.15, 0.2) is 0 Å². The number of likely N-dealkylation sites (tertiary alicyclic amines) is 1. The molecular weight excluding hydrogens is 400 g/mol. The molecule has 2 saturated heterocycles. The lowest BCUT2D eigenvalue weighted by Crippen LogP contribution is -2.37. The number of carbonyl (C=O) groups is 2. The van der Waals surface area contributed by atoms with Gasteiger partial charge in [-0.05, 0) is 62.0 Å². The van der Waals surface area contributed by atoms with E-state index in [9.17, 15) is 9.59 Å². The van der Waals surface area contributed by atoms with E-state index >= 15 is 0 Å². The maximum absolute atomic E-state index is 12.9. The second-order valence-corrected chi connectivity index (χ2v) is 8.94. The summed E-state index contributed by atoms with van der Waals surface area (Å²) in [5.74, 6) is 0.534. The van der Waals surface area contributed by atoms with Crippen LogP contribution in [0.3, 0.4) is 0 Å². The first-order valence-electron chi connectivity index (χ1n) is 11.6. The first-order chi connectivity index (χ1) is 15.7. The predicted molar refractivity (Wildman–Crippen MR) is 126 cm³/mol. The minimum Gasteiger partial charge on any atom is -0.361 e. The van der Waals surface area contributed by atoms with E-state index in [1.165, 1.54) is 23.3 Å². The van der Waals surface area contributed by atoms with E-state index in [0.717, 1.165) is 42.5 Å². The van der Waals surface area contributed by atoms with Crippen molar-refractivity contribution in [3.8, 4) is 0 Å². The molecule has 0 aliphatic carbocycles. The van der Waals surface area contributed by atoms with Crippen molar-refractivity contribution in [1.29, 1.82) is 0 Å². The highest BCUT2D eigenvalue weighted by molar-refractivity contribution is 6.04. The summed E-state index contributed by atoms with van der Waals surface area (Å²) in [6.45, 7) is 3.55. The smallest absolute Gasteiger partial charge is 0.324 e. The zero-order valence-electron chi connectivity index (χ0n) is 18.3. The summed E-state index contributed by atoms with van der Waals surface area (Å²) in [7, 11) is 0. The fraction of sp³-hybridized carbons (Fsp3) is 0.385. The summed E-state index contributed by atoms with van der Waals surface area (Å²) in [5, 5.41) is 3.98. The van der Waals surface area contributed by atoms with Gasteiger partial charge in [0.05, 0.1) is 0 Å². The Bertz CT molecular complexity index is 1090. The lowest BCUT2D eigenvalue weighted by molar-refractivity contribution is -0.127. The van der Waals surface area contributed by atoms with Crippen molar-refractivity contribution in [2.45, 2.75) is 37.6 Å². The summed E-state index contributed by atoms with van der Waals surface area (Å²) >= 11 is 0. The summed E-state index contributed by atoms with van der Waals surface area (Å²) in [6, 6.07) is 18.0. The Hall–Kier alpha value is -3.12. The normalized spacial score (nSPS) is 20.2. The number of imide groups is 1. The molecule has 2 aromatic carbocycles. The van der Waals surface area contributed by atoms with Gasteiger partial charge in [0.2, 0.25) is 0 Å². The van der Waals surface area contributed by atoms with Gasteiger partial charge in [-0.25, -0.2) is 4.79 Å². The first kappa shape index (κ1) is 20.8. The van der Waals surface area contributed by atoms with Crippen molar-refractivity contribution in [3.63, 3.8) is 0 Å². The van der Waals surface area contributed by atoms with Gasteiger partial charge in [0.1, 0.15) is 6.04 Å². The number of hydrogen-bond donors (Lipinski definition) is 2. The number of amides is 3. The lowest BCUT2D eigenvalue weighted by atomic mass is 9.89. The van der Waals surface area contributed by atoms with Crippen LogP contribution in [0.4, 0.5) is 4.79 Å². The van der Waals surface area contributed by atoms with Crippen molar-refractivity contribution in [3.05, 3.63) is 71.9 Å². The molecule has 32 heavy (non-hydrogen) atoms. The minimum absolute atomic E-state index is 0.108. The molecule has 0 bridgehead atoms. The maximum atomic E-state index is 12.9. The van der Waals surface area contributed by atoms with E-state index in [2.05, 4.69) is 45.5 Å². The van der Waals surface area contributed by atoms with Gasteiger partial charge in [-0.3, -0.25) is 9.69 Å². The van der Waals surface area contributed by atoms with Crippen LogP contribution >= 0.6 is 0 Å². The van der Waals surface area contributed by atoms with E-state index in [4.69, 9.17) is 0 Å². The van der Waals surface area contributed by atoms with Gasteiger partial charge >= 0.3 is 6.03 Å². The predicted octanol–water partition coefficient (Wildman–Crippen LogP) is 3.90. The largest absolute Gasteiger partial charge is 0.361 e. The number of piperidine rings is 1. The van der Waals surface area contributed by atoms with Gasteiger partial charge < -0.3 is 15.2 Å². The summed E-state index contributed by atoms with van der Waals surface area (Å²) in [6.07, 6.45) is 5.60. The molecule has 166 valence electrons. The summed E-state index contributed by atoms with van der Waals surface area (Å²) in [4.78, 5) is 32.4. The SMILES string of the molecule is O=C1NC(Cc2c[nH]c3ccccc23)C(=O)N1CCCN1CCC(c2ccccc2)CC1. The summed E-state index contributed by atoms with van der Waals surface area (Å²) in [5.41, 5.74) is 3.54. The maximum Gasteiger partial charge on any atom is 0.324 e. The molecule has 2 aliphatic heterocycles. The molecule has 1 unspecified atom stereocenters. The molecule has 1 atom stereocenters. The molecule has 0 spiro atoms. The van der Waals surface area contributed by atoms with Crippen LogP contribution < -0.4 is 5.32 Å². The molecule has 6 nitrogen and oxygen atoms in total. The molecular formula is C26H30N4O2. The Morgan fingerprint density at radius 1 is 0.906 bits per heavy atom. The number of fused-ring (bicyclic) bond motifs is 1. The number of H-pyrrole nitrogens is 1. The molecule has 3 heterocycles. The molecule has 0 radical (unpaired) electrons. The van der Waals surface area contributed by atoms with Crippen molar-refractivity contribution in [1.82, 2.24) is 20.1 Å². The standard InChI is InChI=1S/C26H30N4O2/c31-25-24(17-21-18-27-23-10-5-4-9-22(21)23)28-26(32)30(25)14-6-13-29-15-11-20(12-16-29)19-7-2-1-3-8-19/h1-5,7-10,18,20,24,27H,6,11-17H2,(H,28,32). The highest BCUT2D eigenvalue weighted by Gasteiger charge is 2.37. The van der Waals surface area contributed by atoms with Gasteiger partial charge in [-0.2, -0.15) is 0 Å². The second-order valence-electron chi connectivity index (χ2n) is 8.94. The van der Waals surface area contributed by atoms with E-state index in [1.807, 2.05) is 30.5 Å². The Morgan fingerprint density at radius 3 is 2.47 bits per heavy atom. The number of nitrogens with zero attached hydrogens (tertiary/aromatic N) is 2. The zero-order chi connectivity index (χ0) is 21.9. The van der Waals surface area contributed by atoms with Crippen LogP contribution in [-0.4, -0.2) is 58.9 Å². The number of rotatable bonds is 7. The number of benzene rings is 2. The molecule has 2 fully saturated rings. The highest BCUT2D eigenvalue weighted by atomic mass is 16.2. The molecule has 1 aromatic heterocycles.